The zero-order valence-electron chi connectivity index (χ0n) is 12.4. The number of aromatic nitrogens is 1. The Morgan fingerprint density at radius 2 is 2.24 bits per heavy atom. The molecule has 2 aromatic rings. The van der Waals surface area contributed by atoms with E-state index in [1.807, 2.05) is 42.2 Å². The molecule has 0 bridgehead atoms. The normalized spacial score (nSPS) is 19.0. The van der Waals surface area contributed by atoms with Gasteiger partial charge >= 0.3 is 0 Å². The molecule has 110 valence electrons. The summed E-state index contributed by atoms with van der Waals surface area (Å²) >= 11 is 0. The number of para-hydroxylation sites is 1. The minimum absolute atomic E-state index is 0.106. The Hall–Kier alpha value is -1.94. The number of pyridine rings is 1. The molecule has 1 atom stereocenters. The molecular formula is C17H21N3O. The highest BCUT2D eigenvalue weighted by Gasteiger charge is 2.25. The molecule has 2 heterocycles. The summed E-state index contributed by atoms with van der Waals surface area (Å²) in [6, 6.07) is 9.73. The first-order chi connectivity index (χ1) is 10.2. The summed E-state index contributed by atoms with van der Waals surface area (Å²) in [5.74, 6) is 0.534. The second-order valence-corrected chi connectivity index (χ2v) is 5.82. The smallest absolute Gasteiger partial charge is 0.254 e. The van der Waals surface area contributed by atoms with Gasteiger partial charge in [0.1, 0.15) is 0 Å². The van der Waals surface area contributed by atoms with Gasteiger partial charge in [0.15, 0.2) is 0 Å². The number of nitrogens with zero attached hydrogens (tertiary/aromatic N) is 2. The number of likely N-dealkylation sites (tertiary alicyclic amines) is 1. The molecule has 0 radical (unpaired) electrons. The van der Waals surface area contributed by atoms with Crippen molar-refractivity contribution in [3.63, 3.8) is 0 Å². The van der Waals surface area contributed by atoms with Crippen LogP contribution in [-0.4, -0.2) is 35.4 Å². The van der Waals surface area contributed by atoms with Crippen molar-refractivity contribution < 1.29 is 4.79 Å². The molecular weight excluding hydrogens is 262 g/mol. The number of nitrogens with two attached hydrogens (primary N) is 1. The van der Waals surface area contributed by atoms with Gasteiger partial charge in [-0.15, -0.1) is 0 Å². The van der Waals surface area contributed by atoms with Crippen molar-refractivity contribution >= 4 is 16.8 Å². The maximum atomic E-state index is 12.9. The fraction of sp³-hybridized carbons (Fsp3) is 0.412. The third-order valence-corrected chi connectivity index (χ3v) is 4.21. The average Bonchev–Trinajstić information content (AvgIpc) is 2.53. The van der Waals surface area contributed by atoms with Crippen LogP contribution < -0.4 is 5.73 Å². The molecule has 1 amide bonds. The number of rotatable bonds is 2. The van der Waals surface area contributed by atoms with E-state index < -0.39 is 0 Å². The number of amides is 1. The second-order valence-electron chi connectivity index (χ2n) is 5.82. The first kappa shape index (κ1) is 14.0. The Morgan fingerprint density at radius 1 is 1.43 bits per heavy atom. The van der Waals surface area contributed by atoms with Gasteiger partial charge in [-0.1, -0.05) is 18.2 Å². The number of carbonyl (C=O) groups excluding carboxylic acids is 1. The third-order valence-electron chi connectivity index (χ3n) is 4.21. The lowest BCUT2D eigenvalue weighted by molar-refractivity contribution is 0.0680. The number of hydrogen-bond acceptors (Lipinski definition) is 3. The van der Waals surface area contributed by atoms with Gasteiger partial charge in [0, 0.05) is 24.2 Å². The highest BCUT2D eigenvalue weighted by atomic mass is 16.2. The highest BCUT2D eigenvalue weighted by molar-refractivity contribution is 6.06. The molecule has 1 saturated heterocycles. The molecule has 2 N–H and O–H groups in total. The molecule has 1 aromatic heterocycles. The van der Waals surface area contributed by atoms with Gasteiger partial charge in [0.05, 0.1) is 11.1 Å². The van der Waals surface area contributed by atoms with E-state index in [0.29, 0.717) is 12.5 Å². The van der Waals surface area contributed by atoms with E-state index in [4.69, 9.17) is 5.73 Å². The maximum Gasteiger partial charge on any atom is 0.254 e. The Balaban J connectivity index is 1.97. The highest BCUT2D eigenvalue weighted by Crippen LogP contribution is 2.23. The Bertz CT molecular complexity index is 668. The molecule has 1 aliphatic rings. The van der Waals surface area contributed by atoms with Crippen LogP contribution >= 0.6 is 0 Å². The second kappa shape index (κ2) is 5.82. The van der Waals surface area contributed by atoms with Gasteiger partial charge < -0.3 is 10.6 Å². The number of benzene rings is 1. The summed E-state index contributed by atoms with van der Waals surface area (Å²) < 4.78 is 0. The van der Waals surface area contributed by atoms with Crippen LogP contribution in [0.1, 0.15) is 28.9 Å². The van der Waals surface area contributed by atoms with Gasteiger partial charge in [-0.2, -0.15) is 0 Å². The van der Waals surface area contributed by atoms with Gasteiger partial charge in [0.2, 0.25) is 0 Å². The number of aryl methyl sites for hydroxylation is 1. The topological polar surface area (TPSA) is 59.2 Å². The van der Waals surface area contributed by atoms with Crippen LogP contribution in [0.25, 0.3) is 10.9 Å². The van der Waals surface area contributed by atoms with E-state index in [1.165, 1.54) is 0 Å². The Labute approximate surface area is 125 Å². The maximum absolute atomic E-state index is 12.9. The predicted octanol–water partition coefficient (Wildman–Crippen LogP) is 2.35. The molecule has 0 saturated carbocycles. The van der Waals surface area contributed by atoms with E-state index >= 15 is 0 Å². The summed E-state index contributed by atoms with van der Waals surface area (Å²) in [5, 5.41) is 0.933. The van der Waals surface area contributed by atoms with Crippen LogP contribution in [0.2, 0.25) is 0 Å². The lowest BCUT2D eigenvalue weighted by atomic mass is 9.97. The van der Waals surface area contributed by atoms with Crippen LogP contribution in [0.5, 0.6) is 0 Å². The number of fused-ring (bicyclic) bond motifs is 1. The van der Waals surface area contributed by atoms with Crippen molar-refractivity contribution in [3.05, 3.63) is 41.6 Å². The van der Waals surface area contributed by atoms with Crippen molar-refractivity contribution in [1.29, 1.82) is 0 Å². The van der Waals surface area contributed by atoms with Gasteiger partial charge in [-0.25, -0.2) is 0 Å². The quantitative estimate of drug-likeness (QED) is 0.920. The largest absolute Gasteiger partial charge is 0.338 e. The summed E-state index contributed by atoms with van der Waals surface area (Å²) in [6.07, 6.45) is 2.16. The van der Waals surface area contributed by atoms with Crippen LogP contribution in [-0.2, 0) is 0 Å². The Kier molecular flexibility index (Phi) is 3.88. The molecule has 1 fully saturated rings. The molecule has 4 heteroatoms. The fourth-order valence-corrected chi connectivity index (χ4v) is 3.10. The van der Waals surface area contributed by atoms with Gasteiger partial charge in [-0.05, 0) is 44.4 Å². The standard InChI is InChI=1S/C17H21N3O/c1-12-9-15(14-6-2-3-7-16(14)19-12)17(21)20-8-4-5-13(10-18)11-20/h2-3,6-7,9,13H,4-5,8,10-11,18H2,1H3. The van der Waals surface area contributed by atoms with E-state index in [0.717, 1.165) is 48.1 Å². The summed E-state index contributed by atoms with van der Waals surface area (Å²) in [4.78, 5) is 19.3. The Morgan fingerprint density at radius 3 is 3.05 bits per heavy atom. The predicted molar refractivity (Wildman–Crippen MR) is 84.2 cm³/mol. The molecule has 0 aliphatic carbocycles. The van der Waals surface area contributed by atoms with Crippen LogP contribution in [0.3, 0.4) is 0 Å². The summed E-state index contributed by atoms with van der Waals surface area (Å²) in [5.41, 5.74) is 8.29. The molecule has 1 aromatic carbocycles. The molecule has 21 heavy (non-hydrogen) atoms. The van der Waals surface area contributed by atoms with Crippen molar-refractivity contribution in [1.82, 2.24) is 9.88 Å². The molecule has 4 nitrogen and oxygen atoms in total. The van der Waals surface area contributed by atoms with E-state index in [9.17, 15) is 4.79 Å². The van der Waals surface area contributed by atoms with E-state index in [-0.39, 0.29) is 5.91 Å². The van der Waals surface area contributed by atoms with Crippen LogP contribution in [0.4, 0.5) is 0 Å². The lowest BCUT2D eigenvalue weighted by Gasteiger charge is -2.32. The van der Waals surface area contributed by atoms with E-state index in [2.05, 4.69) is 4.98 Å². The van der Waals surface area contributed by atoms with Crippen LogP contribution in [0.15, 0.2) is 30.3 Å². The first-order valence-electron chi connectivity index (χ1n) is 7.55. The number of carbonyl (C=O) groups is 1. The van der Waals surface area contributed by atoms with Gasteiger partial charge in [-0.3, -0.25) is 9.78 Å². The average molecular weight is 283 g/mol. The zero-order valence-corrected chi connectivity index (χ0v) is 12.4. The van der Waals surface area contributed by atoms with Crippen molar-refractivity contribution in [2.24, 2.45) is 11.7 Å². The lowest BCUT2D eigenvalue weighted by Crippen LogP contribution is -2.42. The minimum atomic E-state index is 0.106. The molecule has 1 aliphatic heterocycles. The van der Waals surface area contributed by atoms with Crippen molar-refractivity contribution in [2.75, 3.05) is 19.6 Å². The zero-order chi connectivity index (χ0) is 14.8. The minimum Gasteiger partial charge on any atom is -0.338 e. The molecule has 0 spiro atoms. The molecule has 1 unspecified atom stereocenters. The summed E-state index contributed by atoms with van der Waals surface area (Å²) in [7, 11) is 0. The SMILES string of the molecule is Cc1cc(C(=O)N2CCCC(CN)C2)c2ccccc2n1. The fourth-order valence-electron chi connectivity index (χ4n) is 3.10. The summed E-state index contributed by atoms with van der Waals surface area (Å²) in [6.45, 7) is 4.18. The van der Waals surface area contributed by atoms with Crippen LogP contribution in [0, 0.1) is 12.8 Å². The van der Waals surface area contributed by atoms with E-state index in [1.54, 1.807) is 0 Å². The monoisotopic (exact) mass is 283 g/mol. The number of hydrogen-bond donors (Lipinski definition) is 1. The third kappa shape index (κ3) is 2.76. The van der Waals surface area contributed by atoms with Crippen molar-refractivity contribution in [3.8, 4) is 0 Å². The molecule has 3 rings (SSSR count). The number of piperidine rings is 1. The van der Waals surface area contributed by atoms with Crippen molar-refractivity contribution in [2.45, 2.75) is 19.8 Å². The first-order valence-corrected chi connectivity index (χ1v) is 7.55. The van der Waals surface area contributed by atoms with Gasteiger partial charge in [0.25, 0.3) is 5.91 Å².